The molecule has 21 heavy (non-hydrogen) atoms. The molecule has 0 aliphatic carbocycles. The third kappa shape index (κ3) is 3.86. The molecule has 3 nitrogen and oxygen atoms in total. The van der Waals surface area contributed by atoms with E-state index >= 15 is 0 Å². The Labute approximate surface area is 129 Å². The zero-order valence-electron chi connectivity index (χ0n) is 11.7. The summed E-state index contributed by atoms with van der Waals surface area (Å²) >= 11 is 5.88. The standard InChI is InChI=1S/C17H16ClNO2/c1-12(17(20)21-2)16(13-6-4-3-5-7-13)19-15-10-8-14(18)9-11-15/h3-11,16,19H,1H2,2H3/t16-/m0/s1. The number of anilines is 1. The van der Waals surface area contributed by atoms with Crippen LogP contribution in [0.15, 0.2) is 66.7 Å². The normalized spacial score (nSPS) is 11.5. The van der Waals surface area contributed by atoms with Crippen molar-refractivity contribution in [3.05, 3.63) is 77.3 Å². The van der Waals surface area contributed by atoms with Crippen LogP contribution in [-0.2, 0) is 9.53 Å². The first-order valence-electron chi connectivity index (χ1n) is 6.46. The molecule has 0 aromatic heterocycles. The molecule has 0 bridgehead atoms. The van der Waals surface area contributed by atoms with Crippen LogP contribution in [0, 0.1) is 0 Å². The van der Waals surface area contributed by atoms with E-state index in [4.69, 9.17) is 16.3 Å². The highest BCUT2D eigenvalue weighted by Gasteiger charge is 2.21. The summed E-state index contributed by atoms with van der Waals surface area (Å²) in [6, 6.07) is 16.5. The minimum absolute atomic E-state index is 0.346. The largest absolute Gasteiger partial charge is 0.466 e. The Hall–Kier alpha value is -2.26. The maximum Gasteiger partial charge on any atom is 0.335 e. The smallest absolute Gasteiger partial charge is 0.335 e. The van der Waals surface area contributed by atoms with Crippen LogP contribution in [0.1, 0.15) is 11.6 Å². The van der Waals surface area contributed by atoms with E-state index in [1.165, 1.54) is 7.11 Å². The maximum atomic E-state index is 11.8. The average Bonchev–Trinajstić information content (AvgIpc) is 2.53. The molecule has 108 valence electrons. The molecule has 0 heterocycles. The summed E-state index contributed by atoms with van der Waals surface area (Å²) < 4.78 is 4.77. The quantitative estimate of drug-likeness (QED) is 0.663. The third-order valence-electron chi connectivity index (χ3n) is 3.08. The lowest BCUT2D eigenvalue weighted by atomic mass is 9.99. The van der Waals surface area contributed by atoms with Crippen LogP contribution in [0.4, 0.5) is 5.69 Å². The van der Waals surface area contributed by atoms with Crippen LogP contribution in [0.3, 0.4) is 0 Å². The van der Waals surface area contributed by atoms with E-state index in [0.717, 1.165) is 11.3 Å². The van der Waals surface area contributed by atoms with Crippen LogP contribution >= 0.6 is 11.6 Å². The van der Waals surface area contributed by atoms with Crippen molar-refractivity contribution < 1.29 is 9.53 Å². The van der Waals surface area contributed by atoms with E-state index in [2.05, 4.69) is 11.9 Å². The maximum absolute atomic E-state index is 11.8. The fourth-order valence-corrected chi connectivity index (χ4v) is 2.10. The van der Waals surface area contributed by atoms with Gasteiger partial charge in [0.15, 0.2) is 0 Å². The fraction of sp³-hybridized carbons (Fsp3) is 0.118. The number of esters is 1. The summed E-state index contributed by atoms with van der Waals surface area (Å²) in [4.78, 5) is 11.8. The molecular formula is C17H16ClNO2. The summed E-state index contributed by atoms with van der Waals surface area (Å²) in [5.74, 6) is -0.440. The second kappa shape index (κ2) is 6.95. The highest BCUT2D eigenvalue weighted by Crippen LogP contribution is 2.27. The lowest BCUT2D eigenvalue weighted by Gasteiger charge is -2.21. The van der Waals surface area contributed by atoms with Gasteiger partial charge in [-0.2, -0.15) is 0 Å². The summed E-state index contributed by atoms with van der Waals surface area (Å²) in [5.41, 5.74) is 2.12. The zero-order chi connectivity index (χ0) is 15.2. The minimum atomic E-state index is -0.440. The molecule has 2 aromatic carbocycles. The van der Waals surface area contributed by atoms with Crippen molar-refractivity contribution in [2.45, 2.75) is 6.04 Å². The molecule has 0 radical (unpaired) electrons. The van der Waals surface area contributed by atoms with Crippen LogP contribution in [-0.4, -0.2) is 13.1 Å². The molecule has 0 fully saturated rings. The van der Waals surface area contributed by atoms with Crippen LogP contribution in [0.25, 0.3) is 0 Å². The topological polar surface area (TPSA) is 38.3 Å². The van der Waals surface area contributed by atoms with Gasteiger partial charge in [-0.3, -0.25) is 0 Å². The second-order valence-corrected chi connectivity index (χ2v) is 4.95. The predicted molar refractivity (Wildman–Crippen MR) is 85.4 cm³/mol. The van der Waals surface area contributed by atoms with Gasteiger partial charge >= 0.3 is 5.97 Å². The Bertz CT molecular complexity index is 623. The van der Waals surface area contributed by atoms with Crippen molar-refractivity contribution in [2.24, 2.45) is 0 Å². The van der Waals surface area contributed by atoms with Crippen molar-refractivity contribution in [1.29, 1.82) is 0 Å². The van der Waals surface area contributed by atoms with E-state index in [0.29, 0.717) is 10.6 Å². The number of carbonyl (C=O) groups excluding carboxylic acids is 1. The lowest BCUT2D eigenvalue weighted by Crippen LogP contribution is -2.19. The van der Waals surface area contributed by atoms with Crippen molar-refractivity contribution in [3.8, 4) is 0 Å². The van der Waals surface area contributed by atoms with E-state index in [1.807, 2.05) is 42.5 Å². The fourth-order valence-electron chi connectivity index (χ4n) is 1.98. The Morgan fingerprint density at radius 3 is 2.33 bits per heavy atom. The van der Waals surface area contributed by atoms with Crippen molar-refractivity contribution in [2.75, 3.05) is 12.4 Å². The molecule has 1 N–H and O–H groups in total. The number of rotatable bonds is 5. The predicted octanol–water partition coefficient (Wildman–Crippen LogP) is 4.22. The molecule has 0 saturated carbocycles. The average molecular weight is 302 g/mol. The molecule has 0 aliphatic rings. The molecule has 0 aliphatic heterocycles. The minimum Gasteiger partial charge on any atom is -0.466 e. The molecule has 0 spiro atoms. The first-order valence-corrected chi connectivity index (χ1v) is 6.84. The van der Waals surface area contributed by atoms with Crippen molar-refractivity contribution in [3.63, 3.8) is 0 Å². The number of carbonyl (C=O) groups is 1. The van der Waals surface area contributed by atoms with E-state index in [-0.39, 0.29) is 6.04 Å². The number of hydrogen-bond donors (Lipinski definition) is 1. The van der Waals surface area contributed by atoms with Gasteiger partial charge in [-0.25, -0.2) is 4.79 Å². The summed E-state index contributed by atoms with van der Waals surface area (Å²) in [6.07, 6.45) is 0. The molecule has 2 aromatic rings. The molecule has 4 heteroatoms. The second-order valence-electron chi connectivity index (χ2n) is 4.51. The Morgan fingerprint density at radius 1 is 1.14 bits per heavy atom. The van der Waals surface area contributed by atoms with Gasteiger partial charge in [-0.15, -0.1) is 0 Å². The van der Waals surface area contributed by atoms with E-state index < -0.39 is 5.97 Å². The molecule has 1 atom stereocenters. The number of benzene rings is 2. The van der Waals surface area contributed by atoms with E-state index in [9.17, 15) is 4.79 Å². The summed E-state index contributed by atoms with van der Waals surface area (Å²) in [5, 5.41) is 3.93. The Kier molecular flexibility index (Phi) is 5.01. The summed E-state index contributed by atoms with van der Waals surface area (Å²) in [7, 11) is 1.35. The third-order valence-corrected chi connectivity index (χ3v) is 3.34. The van der Waals surface area contributed by atoms with Gasteiger partial charge in [0, 0.05) is 10.7 Å². The molecule has 0 saturated heterocycles. The van der Waals surface area contributed by atoms with Gasteiger partial charge in [0.1, 0.15) is 0 Å². The highest BCUT2D eigenvalue weighted by atomic mass is 35.5. The van der Waals surface area contributed by atoms with Crippen LogP contribution in [0.5, 0.6) is 0 Å². The van der Waals surface area contributed by atoms with Crippen molar-refractivity contribution >= 4 is 23.3 Å². The number of ether oxygens (including phenoxy) is 1. The number of hydrogen-bond acceptors (Lipinski definition) is 3. The SMILES string of the molecule is C=C(C(=O)OC)[C@H](Nc1ccc(Cl)cc1)c1ccccc1. The number of halogens is 1. The van der Waals surface area contributed by atoms with Crippen LogP contribution in [0.2, 0.25) is 5.02 Å². The number of nitrogens with one attached hydrogen (secondary N) is 1. The van der Waals surface area contributed by atoms with Gasteiger partial charge in [-0.1, -0.05) is 48.5 Å². The molecule has 2 rings (SSSR count). The highest BCUT2D eigenvalue weighted by molar-refractivity contribution is 6.30. The Balaban J connectivity index is 2.30. The monoisotopic (exact) mass is 301 g/mol. The van der Waals surface area contributed by atoms with Gasteiger partial charge in [0.25, 0.3) is 0 Å². The molecule has 0 amide bonds. The molecule has 0 unspecified atom stereocenters. The zero-order valence-corrected chi connectivity index (χ0v) is 12.4. The number of methoxy groups -OCH3 is 1. The van der Waals surface area contributed by atoms with Crippen molar-refractivity contribution in [1.82, 2.24) is 0 Å². The summed E-state index contributed by atoms with van der Waals surface area (Å²) in [6.45, 7) is 3.85. The Morgan fingerprint density at radius 2 is 1.76 bits per heavy atom. The first-order chi connectivity index (χ1) is 10.1. The van der Waals surface area contributed by atoms with Crippen LogP contribution < -0.4 is 5.32 Å². The first kappa shape index (κ1) is 15.1. The van der Waals surface area contributed by atoms with Gasteiger partial charge in [0.05, 0.1) is 18.7 Å². The van der Waals surface area contributed by atoms with Gasteiger partial charge in [-0.05, 0) is 29.8 Å². The lowest BCUT2D eigenvalue weighted by molar-refractivity contribution is -0.136. The van der Waals surface area contributed by atoms with E-state index in [1.54, 1.807) is 12.1 Å². The van der Waals surface area contributed by atoms with Gasteiger partial charge < -0.3 is 10.1 Å². The molecular weight excluding hydrogens is 286 g/mol. The van der Waals surface area contributed by atoms with Gasteiger partial charge in [0.2, 0.25) is 0 Å².